The largest absolute Gasteiger partial charge is 0.372 e. The zero-order valence-electron chi connectivity index (χ0n) is 13.6. The van der Waals surface area contributed by atoms with Gasteiger partial charge in [-0.25, -0.2) is 0 Å². The van der Waals surface area contributed by atoms with Crippen LogP contribution in [0.15, 0.2) is 18.2 Å². The van der Waals surface area contributed by atoms with E-state index < -0.39 is 0 Å². The van der Waals surface area contributed by atoms with E-state index in [9.17, 15) is 4.79 Å². The van der Waals surface area contributed by atoms with Crippen molar-refractivity contribution in [1.29, 1.82) is 0 Å². The Bertz CT molecular complexity index is 435. The molecule has 0 heterocycles. The topological polar surface area (TPSA) is 23.6 Å². The summed E-state index contributed by atoms with van der Waals surface area (Å²) >= 11 is 0. The van der Waals surface area contributed by atoms with E-state index in [-0.39, 0.29) is 5.78 Å². The first-order valence-corrected chi connectivity index (χ1v) is 7.68. The number of aryl methyl sites for hydroxylation is 1. The minimum Gasteiger partial charge on any atom is -0.372 e. The predicted molar refractivity (Wildman–Crippen MR) is 86.9 cm³/mol. The second-order valence-electron chi connectivity index (χ2n) is 5.06. The van der Waals surface area contributed by atoms with Crippen LogP contribution in [-0.2, 0) is 0 Å². The second kappa shape index (κ2) is 8.05. The molecular formula is C17H28N2O. The Morgan fingerprint density at radius 1 is 1.00 bits per heavy atom. The molecule has 0 aliphatic rings. The Kier molecular flexibility index (Phi) is 6.73. The van der Waals surface area contributed by atoms with E-state index in [2.05, 4.69) is 50.5 Å². The number of hydrogen-bond donors (Lipinski definition) is 0. The quantitative estimate of drug-likeness (QED) is 0.680. The Balaban J connectivity index is 2.89. The highest BCUT2D eigenvalue weighted by atomic mass is 16.1. The Hall–Kier alpha value is -1.35. The molecule has 0 aromatic heterocycles. The van der Waals surface area contributed by atoms with Crippen LogP contribution in [0.2, 0.25) is 0 Å². The number of carbonyl (C=O) groups is 1. The van der Waals surface area contributed by atoms with Crippen molar-refractivity contribution >= 4 is 11.5 Å². The van der Waals surface area contributed by atoms with Crippen LogP contribution in [0.3, 0.4) is 0 Å². The average molecular weight is 276 g/mol. The summed E-state index contributed by atoms with van der Waals surface area (Å²) in [6.07, 6.45) is 0. The van der Waals surface area contributed by atoms with Crippen molar-refractivity contribution in [2.45, 2.75) is 34.6 Å². The zero-order chi connectivity index (χ0) is 15.1. The number of nitrogens with zero attached hydrogens (tertiary/aromatic N) is 2. The number of Topliss-reactive ketones (excluding diaryl/α,β-unsaturated/α-hetero) is 1. The predicted octanol–water partition coefficient (Wildman–Crippen LogP) is 3.37. The summed E-state index contributed by atoms with van der Waals surface area (Å²) in [5.41, 5.74) is 3.23. The lowest BCUT2D eigenvalue weighted by molar-refractivity contribution is 0.0937. The van der Waals surface area contributed by atoms with Gasteiger partial charge in [0.1, 0.15) is 0 Å². The first-order chi connectivity index (χ1) is 9.57. The standard InChI is InChI=1S/C17H28N2O/c1-6-18(7-2)13-17(20)15-10-11-16(14(5)12-15)19(8-3)9-4/h10-12H,6-9,13H2,1-5H3. The minimum absolute atomic E-state index is 0.211. The van der Waals surface area contributed by atoms with Gasteiger partial charge >= 0.3 is 0 Å². The maximum Gasteiger partial charge on any atom is 0.176 e. The molecule has 0 amide bonds. The molecule has 0 spiro atoms. The number of likely N-dealkylation sites (N-methyl/N-ethyl adjacent to an activating group) is 1. The van der Waals surface area contributed by atoms with Gasteiger partial charge in [-0.3, -0.25) is 9.69 Å². The van der Waals surface area contributed by atoms with Crippen molar-refractivity contribution in [2.24, 2.45) is 0 Å². The van der Waals surface area contributed by atoms with Gasteiger partial charge in [-0.15, -0.1) is 0 Å². The maximum atomic E-state index is 12.3. The fourth-order valence-corrected chi connectivity index (χ4v) is 2.49. The van der Waals surface area contributed by atoms with E-state index in [0.29, 0.717) is 6.54 Å². The van der Waals surface area contributed by atoms with E-state index >= 15 is 0 Å². The highest BCUT2D eigenvalue weighted by molar-refractivity contribution is 5.98. The highest BCUT2D eigenvalue weighted by Gasteiger charge is 2.12. The first-order valence-electron chi connectivity index (χ1n) is 7.68. The molecule has 0 N–H and O–H groups in total. The summed E-state index contributed by atoms with van der Waals surface area (Å²) in [5.74, 6) is 0.211. The Morgan fingerprint density at radius 2 is 1.60 bits per heavy atom. The molecular weight excluding hydrogens is 248 g/mol. The van der Waals surface area contributed by atoms with Crippen molar-refractivity contribution in [2.75, 3.05) is 37.6 Å². The van der Waals surface area contributed by atoms with Crippen molar-refractivity contribution in [1.82, 2.24) is 4.90 Å². The molecule has 0 radical (unpaired) electrons. The van der Waals surface area contributed by atoms with E-state index in [0.717, 1.165) is 31.7 Å². The van der Waals surface area contributed by atoms with Crippen LogP contribution in [0, 0.1) is 6.92 Å². The number of rotatable bonds is 8. The lowest BCUT2D eigenvalue weighted by Gasteiger charge is -2.23. The van der Waals surface area contributed by atoms with Crippen LogP contribution in [0.1, 0.15) is 43.6 Å². The van der Waals surface area contributed by atoms with Crippen molar-refractivity contribution in [3.63, 3.8) is 0 Å². The molecule has 20 heavy (non-hydrogen) atoms. The van der Waals surface area contributed by atoms with E-state index in [4.69, 9.17) is 0 Å². The van der Waals surface area contributed by atoms with Gasteiger partial charge in [-0.05, 0) is 57.6 Å². The summed E-state index contributed by atoms with van der Waals surface area (Å²) in [4.78, 5) is 16.8. The number of hydrogen-bond acceptors (Lipinski definition) is 3. The van der Waals surface area contributed by atoms with Crippen LogP contribution in [-0.4, -0.2) is 43.4 Å². The second-order valence-corrected chi connectivity index (χ2v) is 5.06. The fourth-order valence-electron chi connectivity index (χ4n) is 2.49. The number of benzene rings is 1. The molecule has 0 saturated heterocycles. The zero-order valence-corrected chi connectivity index (χ0v) is 13.6. The first kappa shape index (κ1) is 16.7. The van der Waals surface area contributed by atoms with Crippen LogP contribution < -0.4 is 4.90 Å². The molecule has 0 saturated carbocycles. The molecule has 0 aliphatic heterocycles. The molecule has 0 unspecified atom stereocenters. The summed E-state index contributed by atoms with van der Waals surface area (Å²) in [6, 6.07) is 6.07. The van der Waals surface area contributed by atoms with Gasteiger partial charge in [0.25, 0.3) is 0 Å². The summed E-state index contributed by atoms with van der Waals surface area (Å²) < 4.78 is 0. The van der Waals surface area contributed by atoms with Gasteiger partial charge in [0.2, 0.25) is 0 Å². The SMILES string of the molecule is CCN(CC)CC(=O)c1ccc(N(CC)CC)c(C)c1. The normalized spacial score (nSPS) is 10.9. The Morgan fingerprint density at radius 3 is 2.05 bits per heavy atom. The van der Waals surface area contributed by atoms with Crippen LogP contribution in [0.25, 0.3) is 0 Å². The lowest BCUT2D eigenvalue weighted by atomic mass is 10.0. The van der Waals surface area contributed by atoms with E-state index in [1.807, 2.05) is 12.1 Å². The maximum absolute atomic E-state index is 12.3. The van der Waals surface area contributed by atoms with Gasteiger partial charge < -0.3 is 4.90 Å². The fraction of sp³-hybridized carbons (Fsp3) is 0.588. The van der Waals surface area contributed by atoms with Crippen LogP contribution >= 0.6 is 0 Å². The molecule has 0 atom stereocenters. The number of ketones is 1. The molecule has 3 heteroatoms. The monoisotopic (exact) mass is 276 g/mol. The molecule has 3 nitrogen and oxygen atoms in total. The minimum atomic E-state index is 0.211. The lowest BCUT2D eigenvalue weighted by Crippen LogP contribution is -2.29. The highest BCUT2D eigenvalue weighted by Crippen LogP contribution is 2.21. The number of carbonyl (C=O) groups excluding carboxylic acids is 1. The third-order valence-corrected chi connectivity index (χ3v) is 3.88. The Labute approximate surface area is 123 Å². The molecule has 0 aliphatic carbocycles. The van der Waals surface area contributed by atoms with E-state index in [1.165, 1.54) is 11.3 Å². The molecule has 0 bridgehead atoms. The van der Waals surface area contributed by atoms with E-state index in [1.54, 1.807) is 0 Å². The van der Waals surface area contributed by atoms with Crippen molar-refractivity contribution in [3.8, 4) is 0 Å². The summed E-state index contributed by atoms with van der Waals surface area (Å²) in [7, 11) is 0. The molecule has 1 aromatic rings. The van der Waals surface area contributed by atoms with Gasteiger partial charge in [-0.1, -0.05) is 13.8 Å². The van der Waals surface area contributed by atoms with Gasteiger partial charge in [0.05, 0.1) is 6.54 Å². The molecule has 1 rings (SSSR count). The third-order valence-electron chi connectivity index (χ3n) is 3.88. The van der Waals surface area contributed by atoms with Crippen LogP contribution in [0.4, 0.5) is 5.69 Å². The molecule has 0 fully saturated rings. The summed E-state index contributed by atoms with van der Waals surface area (Å²) in [6.45, 7) is 14.9. The van der Waals surface area contributed by atoms with Gasteiger partial charge in [-0.2, -0.15) is 0 Å². The van der Waals surface area contributed by atoms with Crippen LogP contribution in [0.5, 0.6) is 0 Å². The average Bonchev–Trinajstić information content (AvgIpc) is 2.47. The number of anilines is 1. The summed E-state index contributed by atoms with van der Waals surface area (Å²) in [5, 5.41) is 0. The van der Waals surface area contributed by atoms with Gasteiger partial charge in [0, 0.05) is 24.3 Å². The van der Waals surface area contributed by atoms with Crippen molar-refractivity contribution in [3.05, 3.63) is 29.3 Å². The van der Waals surface area contributed by atoms with Crippen molar-refractivity contribution < 1.29 is 4.79 Å². The van der Waals surface area contributed by atoms with Gasteiger partial charge in [0.15, 0.2) is 5.78 Å². The molecule has 1 aromatic carbocycles. The molecule has 112 valence electrons. The third kappa shape index (κ3) is 4.07. The smallest absolute Gasteiger partial charge is 0.176 e.